The molecule has 1 saturated heterocycles. The number of nitrogens with one attached hydrogen (secondary N) is 2. The van der Waals surface area contributed by atoms with Gasteiger partial charge in [0.25, 0.3) is 0 Å². The van der Waals surface area contributed by atoms with Gasteiger partial charge in [0.15, 0.2) is 0 Å². The van der Waals surface area contributed by atoms with E-state index in [1.807, 2.05) is 0 Å². The van der Waals surface area contributed by atoms with Crippen molar-refractivity contribution >= 4 is 6.03 Å². The second-order valence-corrected chi connectivity index (χ2v) is 5.80. The first-order chi connectivity index (χ1) is 9.65. The topological polar surface area (TPSA) is 53.6 Å². The van der Waals surface area contributed by atoms with Crippen LogP contribution >= 0.6 is 0 Å². The quantitative estimate of drug-likeness (QED) is 0.669. The average molecular weight is 285 g/mol. The zero-order valence-electron chi connectivity index (χ0n) is 13.3. The third-order valence-electron chi connectivity index (χ3n) is 3.82. The lowest BCUT2D eigenvalue weighted by Gasteiger charge is -2.36. The van der Waals surface area contributed by atoms with Crippen molar-refractivity contribution in [3.05, 3.63) is 0 Å². The van der Waals surface area contributed by atoms with Gasteiger partial charge in [-0.15, -0.1) is 0 Å². The fraction of sp³-hybridized carbons (Fsp3) is 0.933. The van der Waals surface area contributed by atoms with Crippen LogP contribution < -0.4 is 10.6 Å². The summed E-state index contributed by atoms with van der Waals surface area (Å²) in [6.07, 6.45) is 3.40. The summed E-state index contributed by atoms with van der Waals surface area (Å²) >= 11 is 0. The van der Waals surface area contributed by atoms with Crippen molar-refractivity contribution in [3.8, 4) is 0 Å². The Hall–Kier alpha value is -0.810. The molecule has 0 aliphatic carbocycles. The zero-order valence-corrected chi connectivity index (χ0v) is 13.3. The summed E-state index contributed by atoms with van der Waals surface area (Å²) in [6, 6.07) is 0.348. The molecule has 0 spiro atoms. The summed E-state index contributed by atoms with van der Waals surface area (Å²) < 4.78 is 5.39. The van der Waals surface area contributed by atoms with E-state index in [-0.39, 0.29) is 6.03 Å². The molecule has 2 N–H and O–H groups in total. The second kappa shape index (κ2) is 10.00. The number of carbonyl (C=O) groups is 1. The van der Waals surface area contributed by atoms with E-state index in [0.29, 0.717) is 18.5 Å². The summed E-state index contributed by atoms with van der Waals surface area (Å²) in [5.74, 6) is 0.522. The van der Waals surface area contributed by atoms with Crippen LogP contribution in [0.2, 0.25) is 0 Å². The summed E-state index contributed by atoms with van der Waals surface area (Å²) in [7, 11) is 0. The molecule has 1 rings (SSSR count). The lowest BCUT2D eigenvalue weighted by atomic mass is 10.0. The average Bonchev–Trinajstić information content (AvgIpc) is 2.44. The highest BCUT2D eigenvalue weighted by atomic mass is 16.5. The molecule has 5 nitrogen and oxygen atoms in total. The van der Waals surface area contributed by atoms with E-state index in [1.165, 1.54) is 12.8 Å². The maximum atomic E-state index is 11.8. The number of hydrogen-bond donors (Lipinski definition) is 2. The Labute approximate surface area is 123 Å². The predicted octanol–water partition coefficient (Wildman–Crippen LogP) is 1.83. The number of urea groups is 1. The van der Waals surface area contributed by atoms with Gasteiger partial charge in [0.1, 0.15) is 0 Å². The fourth-order valence-corrected chi connectivity index (χ4v) is 2.53. The molecule has 0 aromatic rings. The molecular weight excluding hydrogens is 254 g/mol. The molecule has 20 heavy (non-hydrogen) atoms. The van der Waals surface area contributed by atoms with Crippen LogP contribution in [0.4, 0.5) is 4.79 Å². The Morgan fingerprint density at radius 1 is 1.20 bits per heavy atom. The first-order valence-electron chi connectivity index (χ1n) is 7.98. The molecule has 1 fully saturated rings. The highest BCUT2D eigenvalue weighted by Gasteiger charge is 2.23. The number of unbranched alkanes of at least 4 members (excludes halogenated alkanes) is 2. The summed E-state index contributed by atoms with van der Waals surface area (Å²) in [4.78, 5) is 14.2. The minimum atomic E-state index is -0.0417. The molecule has 1 atom stereocenters. The van der Waals surface area contributed by atoms with Gasteiger partial charge in [-0.1, -0.05) is 33.6 Å². The van der Waals surface area contributed by atoms with Crippen LogP contribution in [0.25, 0.3) is 0 Å². The molecule has 0 aromatic heterocycles. The van der Waals surface area contributed by atoms with E-state index in [1.54, 1.807) is 0 Å². The molecular formula is C15H31N3O2. The maximum Gasteiger partial charge on any atom is 0.314 e. The number of carbonyl (C=O) groups excluding carboxylic acids is 1. The Bertz CT molecular complexity index is 266. The normalized spacial score (nSPS) is 18.0. The van der Waals surface area contributed by atoms with Gasteiger partial charge in [-0.05, 0) is 12.3 Å². The van der Waals surface area contributed by atoms with E-state index in [9.17, 15) is 4.79 Å². The number of hydrogen-bond acceptors (Lipinski definition) is 3. The minimum Gasteiger partial charge on any atom is -0.379 e. The SMILES string of the molecule is CCCCCNC(=O)NCC(C(C)C)N1CCOCC1. The van der Waals surface area contributed by atoms with Gasteiger partial charge in [-0.3, -0.25) is 4.90 Å². The molecule has 0 radical (unpaired) electrons. The van der Waals surface area contributed by atoms with Gasteiger partial charge in [0, 0.05) is 32.2 Å². The second-order valence-electron chi connectivity index (χ2n) is 5.80. The molecule has 1 unspecified atom stereocenters. The summed E-state index contributed by atoms with van der Waals surface area (Å²) in [5, 5.41) is 5.93. The molecule has 0 saturated carbocycles. The van der Waals surface area contributed by atoms with Crippen LogP contribution in [-0.2, 0) is 4.74 Å². The van der Waals surface area contributed by atoms with E-state index in [2.05, 4.69) is 36.3 Å². The van der Waals surface area contributed by atoms with Crippen LogP contribution in [0.5, 0.6) is 0 Å². The highest BCUT2D eigenvalue weighted by molar-refractivity contribution is 5.73. The van der Waals surface area contributed by atoms with Gasteiger partial charge in [-0.25, -0.2) is 4.79 Å². The minimum absolute atomic E-state index is 0.0417. The Kier molecular flexibility index (Phi) is 8.62. The number of morpholine rings is 1. The van der Waals surface area contributed by atoms with Crippen LogP contribution in [0.1, 0.15) is 40.0 Å². The number of nitrogens with zero attached hydrogens (tertiary/aromatic N) is 1. The van der Waals surface area contributed by atoms with Gasteiger partial charge in [-0.2, -0.15) is 0 Å². The summed E-state index contributed by atoms with van der Waals surface area (Å²) in [5.41, 5.74) is 0. The molecule has 5 heteroatoms. The van der Waals surface area contributed by atoms with Gasteiger partial charge >= 0.3 is 6.03 Å². The van der Waals surface area contributed by atoms with Crippen molar-refractivity contribution in [2.45, 2.75) is 46.1 Å². The standard InChI is InChI=1S/C15H31N3O2/c1-4-5-6-7-16-15(19)17-12-14(13(2)3)18-8-10-20-11-9-18/h13-14H,4-12H2,1-3H3,(H2,16,17,19). The van der Waals surface area contributed by atoms with E-state index >= 15 is 0 Å². The Balaban J connectivity index is 2.25. The largest absolute Gasteiger partial charge is 0.379 e. The van der Waals surface area contributed by atoms with Gasteiger partial charge in [0.2, 0.25) is 0 Å². The summed E-state index contributed by atoms with van der Waals surface area (Å²) in [6.45, 7) is 11.6. The lowest BCUT2D eigenvalue weighted by Crippen LogP contribution is -2.52. The monoisotopic (exact) mass is 285 g/mol. The van der Waals surface area contributed by atoms with Crippen LogP contribution in [-0.4, -0.2) is 56.4 Å². The van der Waals surface area contributed by atoms with E-state index in [0.717, 1.165) is 39.3 Å². The molecule has 0 bridgehead atoms. The molecule has 2 amide bonds. The zero-order chi connectivity index (χ0) is 14.8. The fourth-order valence-electron chi connectivity index (χ4n) is 2.53. The first kappa shape index (κ1) is 17.2. The number of rotatable bonds is 8. The van der Waals surface area contributed by atoms with Crippen molar-refractivity contribution < 1.29 is 9.53 Å². The van der Waals surface area contributed by atoms with Crippen molar-refractivity contribution in [1.82, 2.24) is 15.5 Å². The maximum absolute atomic E-state index is 11.8. The third kappa shape index (κ3) is 6.57. The molecule has 1 heterocycles. The Morgan fingerprint density at radius 2 is 1.90 bits per heavy atom. The predicted molar refractivity (Wildman–Crippen MR) is 81.9 cm³/mol. The van der Waals surface area contributed by atoms with Gasteiger partial charge < -0.3 is 15.4 Å². The van der Waals surface area contributed by atoms with Crippen LogP contribution in [0, 0.1) is 5.92 Å². The smallest absolute Gasteiger partial charge is 0.314 e. The van der Waals surface area contributed by atoms with Crippen molar-refractivity contribution in [2.75, 3.05) is 39.4 Å². The van der Waals surface area contributed by atoms with Crippen molar-refractivity contribution in [3.63, 3.8) is 0 Å². The first-order valence-corrected chi connectivity index (χ1v) is 7.98. The van der Waals surface area contributed by atoms with Crippen molar-refractivity contribution in [1.29, 1.82) is 0 Å². The van der Waals surface area contributed by atoms with Gasteiger partial charge in [0.05, 0.1) is 13.2 Å². The van der Waals surface area contributed by atoms with E-state index in [4.69, 9.17) is 4.74 Å². The molecule has 118 valence electrons. The lowest BCUT2D eigenvalue weighted by molar-refractivity contribution is 0.00720. The molecule has 0 aromatic carbocycles. The molecule has 1 aliphatic rings. The van der Waals surface area contributed by atoms with Crippen LogP contribution in [0.3, 0.4) is 0 Å². The number of ether oxygens (including phenoxy) is 1. The Morgan fingerprint density at radius 3 is 2.50 bits per heavy atom. The van der Waals surface area contributed by atoms with E-state index < -0.39 is 0 Å². The van der Waals surface area contributed by atoms with Crippen molar-refractivity contribution in [2.24, 2.45) is 5.92 Å². The highest BCUT2D eigenvalue weighted by Crippen LogP contribution is 2.12. The molecule has 1 aliphatic heterocycles. The number of amides is 2. The van der Waals surface area contributed by atoms with Crippen LogP contribution in [0.15, 0.2) is 0 Å². The third-order valence-corrected chi connectivity index (χ3v) is 3.82.